The SMILES string of the molecule is CCCn1ccc2cc(NC(=O)C(C)C3CNC3)ccc21.Cl.Cl. The van der Waals surface area contributed by atoms with Gasteiger partial charge in [0.25, 0.3) is 0 Å². The van der Waals surface area contributed by atoms with Crippen molar-refractivity contribution in [3.63, 3.8) is 0 Å². The van der Waals surface area contributed by atoms with Gasteiger partial charge in [0.15, 0.2) is 0 Å². The smallest absolute Gasteiger partial charge is 0.227 e. The highest BCUT2D eigenvalue weighted by Gasteiger charge is 2.28. The predicted molar refractivity (Wildman–Crippen MR) is 101 cm³/mol. The number of nitrogens with zero attached hydrogens (tertiary/aromatic N) is 1. The summed E-state index contributed by atoms with van der Waals surface area (Å²) in [5.74, 6) is 0.653. The van der Waals surface area contributed by atoms with Crippen LogP contribution in [0.2, 0.25) is 0 Å². The molecule has 1 amide bonds. The van der Waals surface area contributed by atoms with Gasteiger partial charge in [-0.2, -0.15) is 0 Å². The largest absolute Gasteiger partial charge is 0.347 e. The summed E-state index contributed by atoms with van der Waals surface area (Å²) in [6, 6.07) is 8.26. The minimum absolute atomic E-state index is 0. The minimum atomic E-state index is 0. The third-order valence-electron chi connectivity index (χ3n) is 4.44. The van der Waals surface area contributed by atoms with E-state index in [2.05, 4.69) is 46.5 Å². The summed E-state index contributed by atoms with van der Waals surface area (Å²) in [6.45, 7) is 7.12. The van der Waals surface area contributed by atoms with Crippen molar-refractivity contribution in [3.05, 3.63) is 30.5 Å². The van der Waals surface area contributed by atoms with E-state index in [0.717, 1.165) is 31.7 Å². The number of aromatic nitrogens is 1. The first-order valence-electron chi connectivity index (χ1n) is 7.79. The van der Waals surface area contributed by atoms with Crippen LogP contribution in [0.15, 0.2) is 30.5 Å². The summed E-state index contributed by atoms with van der Waals surface area (Å²) in [5, 5.41) is 7.45. The summed E-state index contributed by atoms with van der Waals surface area (Å²) in [4.78, 5) is 12.2. The van der Waals surface area contributed by atoms with Gasteiger partial charge in [-0.15, -0.1) is 24.8 Å². The topological polar surface area (TPSA) is 46.1 Å². The number of carbonyl (C=O) groups is 1. The molecule has 3 rings (SSSR count). The fraction of sp³-hybridized carbons (Fsp3) is 0.471. The molecule has 0 bridgehead atoms. The number of halogens is 2. The second-order valence-electron chi connectivity index (χ2n) is 5.98. The molecule has 0 spiro atoms. The van der Waals surface area contributed by atoms with Crippen LogP contribution in [0.4, 0.5) is 5.69 Å². The first kappa shape index (κ1) is 19.8. The second kappa shape index (κ2) is 8.57. The van der Waals surface area contributed by atoms with E-state index >= 15 is 0 Å². The second-order valence-corrected chi connectivity index (χ2v) is 5.98. The third kappa shape index (κ3) is 4.19. The molecule has 23 heavy (non-hydrogen) atoms. The van der Waals surface area contributed by atoms with Gasteiger partial charge in [-0.05, 0) is 49.7 Å². The Balaban J connectivity index is 0.00000132. The quantitative estimate of drug-likeness (QED) is 0.856. The molecule has 1 saturated heterocycles. The summed E-state index contributed by atoms with van der Waals surface area (Å²) in [6.07, 6.45) is 3.23. The number of anilines is 1. The van der Waals surface area contributed by atoms with E-state index in [4.69, 9.17) is 0 Å². The molecule has 2 N–H and O–H groups in total. The maximum absolute atomic E-state index is 12.2. The minimum Gasteiger partial charge on any atom is -0.347 e. The van der Waals surface area contributed by atoms with Gasteiger partial charge in [-0.3, -0.25) is 4.79 Å². The van der Waals surface area contributed by atoms with E-state index in [9.17, 15) is 4.79 Å². The Hall–Kier alpha value is -1.23. The lowest BCUT2D eigenvalue weighted by molar-refractivity contribution is -0.121. The monoisotopic (exact) mass is 357 g/mol. The molecule has 1 atom stereocenters. The van der Waals surface area contributed by atoms with E-state index < -0.39 is 0 Å². The number of benzene rings is 1. The van der Waals surface area contributed by atoms with Crippen LogP contribution in [0.5, 0.6) is 0 Å². The lowest BCUT2D eigenvalue weighted by Gasteiger charge is -2.31. The van der Waals surface area contributed by atoms with Crippen LogP contribution in [0.3, 0.4) is 0 Å². The van der Waals surface area contributed by atoms with Gasteiger partial charge in [0.1, 0.15) is 0 Å². The van der Waals surface area contributed by atoms with Gasteiger partial charge in [-0.25, -0.2) is 0 Å². The third-order valence-corrected chi connectivity index (χ3v) is 4.44. The summed E-state index contributed by atoms with van der Waals surface area (Å²) in [5.41, 5.74) is 2.12. The molecule has 1 aliphatic rings. The van der Waals surface area contributed by atoms with Crippen molar-refractivity contribution < 1.29 is 4.79 Å². The Morgan fingerprint density at radius 3 is 2.70 bits per heavy atom. The number of aryl methyl sites for hydroxylation is 1. The molecule has 0 saturated carbocycles. The molecule has 2 aromatic rings. The normalized spacial score (nSPS) is 15.2. The molecule has 1 unspecified atom stereocenters. The molecule has 1 aliphatic heterocycles. The molecule has 2 heterocycles. The first-order valence-corrected chi connectivity index (χ1v) is 7.79. The van der Waals surface area contributed by atoms with E-state index in [1.807, 2.05) is 13.0 Å². The molecule has 1 aromatic heterocycles. The zero-order chi connectivity index (χ0) is 14.8. The van der Waals surface area contributed by atoms with Crippen LogP contribution in [0, 0.1) is 11.8 Å². The lowest BCUT2D eigenvalue weighted by atomic mass is 9.88. The number of rotatable bonds is 5. The maximum Gasteiger partial charge on any atom is 0.227 e. The van der Waals surface area contributed by atoms with Crippen LogP contribution in [0.25, 0.3) is 10.9 Å². The average Bonchev–Trinajstić information content (AvgIpc) is 2.80. The Morgan fingerprint density at radius 2 is 2.09 bits per heavy atom. The van der Waals surface area contributed by atoms with Crippen molar-refractivity contribution in [2.45, 2.75) is 26.8 Å². The molecule has 0 radical (unpaired) electrons. The van der Waals surface area contributed by atoms with Gasteiger partial charge in [0.2, 0.25) is 5.91 Å². The fourth-order valence-corrected chi connectivity index (χ4v) is 2.85. The Kier molecular flexibility index (Phi) is 7.39. The maximum atomic E-state index is 12.2. The van der Waals surface area contributed by atoms with Gasteiger partial charge < -0.3 is 15.2 Å². The molecule has 4 nitrogen and oxygen atoms in total. The van der Waals surface area contributed by atoms with Crippen LogP contribution >= 0.6 is 24.8 Å². The van der Waals surface area contributed by atoms with Crippen molar-refractivity contribution in [2.24, 2.45) is 11.8 Å². The molecule has 0 aliphatic carbocycles. The molecular weight excluding hydrogens is 333 g/mol. The number of hydrogen-bond donors (Lipinski definition) is 2. The Labute approximate surface area is 149 Å². The van der Waals surface area contributed by atoms with E-state index in [1.54, 1.807) is 0 Å². The highest BCUT2D eigenvalue weighted by Crippen LogP contribution is 2.23. The van der Waals surface area contributed by atoms with Crippen molar-refractivity contribution >= 4 is 47.3 Å². The lowest BCUT2D eigenvalue weighted by Crippen LogP contribution is -2.48. The molecule has 1 fully saturated rings. The van der Waals surface area contributed by atoms with Crippen molar-refractivity contribution in [2.75, 3.05) is 18.4 Å². The molecule has 6 heteroatoms. The molecule has 128 valence electrons. The van der Waals surface area contributed by atoms with Crippen molar-refractivity contribution in [1.82, 2.24) is 9.88 Å². The Morgan fingerprint density at radius 1 is 1.35 bits per heavy atom. The highest BCUT2D eigenvalue weighted by atomic mass is 35.5. The van der Waals surface area contributed by atoms with Gasteiger partial charge in [0.05, 0.1) is 0 Å². The predicted octanol–water partition coefficient (Wildman–Crippen LogP) is 3.69. The van der Waals surface area contributed by atoms with Crippen LogP contribution in [0.1, 0.15) is 20.3 Å². The standard InChI is InChI=1S/C17H23N3O.2ClH/c1-3-7-20-8-6-13-9-15(4-5-16(13)20)19-17(21)12(2)14-10-18-11-14;;/h4-6,8-9,12,14,18H,3,7,10-11H2,1-2H3,(H,19,21);2*1H. The van der Waals surface area contributed by atoms with Crippen LogP contribution in [-0.2, 0) is 11.3 Å². The average molecular weight is 358 g/mol. The van der Waals surface area contributed by atoms with E-state index in [0.29, 0.717) is 5.92 Å². The van der Waals surface area contributed by atoms with Crippen LogP contribution in [-0.4, -0.2) is 23.6 Å². The number of hydrogen-bond acceptors (Lipinski definition) is 2. The summed E-state index contributed by atoms with van der Waals surface area (Å²) >= 11 is 0. The molecular formula is C17H25Cl2N3O. The number of carbonyl (C=O) groups excluding carboxylic acids is 1. The number of nitrogens with one attached hydrogen (secondary N) is 2. The highest BCUT2D eigenvalue weighted by molar-refractivity contribution is 5.95. The molecule has 1 aromatic carbocycles. The number of amides is 1. The van der Waals surface area contributed by atoms with Gasteiger partial charge in [0, 0.05) is 35.2 Å². The van der Waals surface area contributed by atoms with E-state index in [1.165, 1.54) is 10.9 Å². The van der Waals surface area contributed by atoms with Crippen molar-refractivity contribution in [3.8, 4) is 0 Å². The number of fused-ring (bicyclic) bond motifs is 1. The zero-order valence-corrected chi connectivity index (χ0v) is 15.2. The summed E-state index contributed by atoms with van der Waals surface area (Å²) in [7, 11) is 0. The zero-order valence-electron chi connectivity index (χ0n) is 13.5. The first-order chi connectivity index (χ1) is 10.2. The fourth-order valence-electron chi connectivity index (χ4n) is 2.85. The Bertz CT molecular complexity index is 652. The van der Waals surface area contributed by atoms with Gasteiger partial charge in [-0.1, -0.05) is 13.8 Å². The summed E-state index contributed by atoms with van der Waals surface area (Å²) < 4.78 is 2.25. The van der Waals surface area contributed by atoms with Crippen LogP contribution < -0.4 is 10.6 Å². The van der Waals surface area contributed by atoms with E-state index in [-0.39, 0.29) is 36.6 Å². The van der Waals surface area contributed by atoms with Crippen molar-refractivity contribution in [1.29, 1.82) is 0 Å². The van der Waals surface area contributed by atoms with Gasteiger partial charge >= 0.3 is 0 Å².